The van der Waals surface area contributed by atoms with Crippen molar-refractivity contribution in [2.24, 2.45) is 5.92 Å². The third-order valence-electron chi connectivity index (χ3n) is 5.63. The summed E-state index contributed by atoms with van der Waals surface area (Å²) in [6, 6.07) is 15.7. The van der Waals surface area contributed by atoms with Gasteiger partial charge < -0.3 is 20.1 Å². The number of carbonyl (C=O) groups excluding carboxylic acids is 1. The Labute approximate surface area is 159 Å². The molecule has 140 valence electrons. The van der Waals surface area contributed by atoms with E-state index < -0.39 is 0 Å². The number of rotatable bonds is 6. The predicted octanol–water partition coefficient (Wildman–Crippen LogP) is 3.53. The van der Waals surface area contributed by atoms with Crippen molar-refractivity contribution in [3.05, 3.63) is 59.7 Å². The van der Waals surface area contributed by atoms with E-state index in [1.54, 1.807) is 12.1 Å². The molecule has 5 rings (SSSR count). The van der Waals surface area contributed by atoms with Crippen LogP contribution in [0.2, 0.25) is 0 Å². The number of hydrogen-bond acceptors (Lipinski definition) is 4. The molecule has 1 amide bonds. The molecule has 2 bridgehead atoms. The average Bonchev–Trinajstić information content (AvgIpc) is 3.29. The van der Waals surface area contributed by atoms with Crippen LogP contribution in [0.5, 0.6) is 5.75 Å². The Morgan fingerprint density at radius 3 is 2.52 bits per heavy atom. The molecule has 1 aliphatic carbocycles. The highest BCUT2D eigenvalue weighted by atomic mass is 16.5. The number of hydrogen-bond donors (Lipinski definition) is 2. The van der Waals surface area contributed by atoms with Gasteiger partial charge in [0.2, 0.25) is 0 Å². The predicted molar refractivity (Wildman–Crippen MR) is 103 cm³/mol. The molecule has 27 heavy (non-hydrogen) atoms. The quantitative estimate of drug-likeness (QED) is 0.823. The molecule has 2 aromatic rings. The lowest BCUT2D eigenvalue weighted by Crippen LogP contribution is -2.33. The molecule has 2 saturated heterocycles. The van der Waals surface area contributed by atoms with Crippen molar-refractivity contribution < 1.29 is 14.3 Å². The Bertz CT molecular complexity index is 814. The van der Waals surface area contributed by atoms with E-state index in [0.717, 1.165) is 42.5 Å². The molecule has 2 aliphatic heterocycles. The van der Waals surface area contributed by atoms with Crippen LogP contribution in [-0.4, -0.2) is 31.2 Å². The second kappa shape index (κ2) is 6.98. The van der Waals surface area contributed by atoms with Crippen molar-refractivity contribution in [3.63, 3.8) is 0 Å². The largest absolute Gasteiger partial charge is 0.493 e. The molecule has 0 radical (unpaired) electrons. The number of morpholine rings is 1. The standard InChI is InChI=1S/C22H24N2O3/c25-22(16-5-9-18(10-6-16)26-13-14-1-2-14)24-17-7-3-15(4-8-17)21-20-11-19(27-21)12-23-20/h3-10,14,19-21,23H,1-2,11-13H2,(H,24,25). The lowest BCUT2D eigenvalue weighted by Gasteiger charge is -2.23. The van der Waals surface area contributed by atoms with Gasteiger partial charge in [-0.2, -0.15) is 0 Å². The minimum absolute atomic E-state index is 0.116. The van der Waals surface area contributed by atoms with Crippen molar-refractivity contribution in [3.8, 4) is 5.75 Å². The monoisotopic (exact) mass is 364 g/mol. The van der Waals surface area contributed by atoms with Crippen molar-refractivity contribution in [1.29, 1.82) is 0 Å². The highest BCUT2D eigenvalue weighted by Gasteiger charge is 2.41. The van der Waals surface area contributed by atoms with E-state index in [-0.39, 0.29) is 12.0 Å². The van der Waals surface area contributed by atoms with E-state index in [9.17, 15) is 4.79 Å². The van der Waals surface area contributed by atoms with Gasteiger partial charge in [-0.3, -0.25) is 4.79 Å². The Kier molecular flexibility index (Phi) is 4.34. The molecule has 3 unspecified atom stereocenters. The van der Waals surface area contributed by atoms with Gasteiger partial charge in [-0.25, -0.2) is 0 Å². The molecule has 0 aromatic heterocycles. The van der Waals surface area contributed by atoms with Crippen LogP contribution < -0.4 is 15.4 Å². The summed E-state index contributed by atoms with van der Waals surface area (Å²) in [6.45, 7) is 1.74. The molecular formula is C22H24N2O3. The van der Waals surface area contributed by atoms with Crippen LogP contribution in [-0.2, 0) is 4.74 Å². The van der Waals surface area contributed by atoms with Crippen molar-refractivity contribution in [2.75, 3.05) is 18.5 Å². The molecule has 2 aromatic carbocycles. The maximum Gasteiger partial charge on any atom is 0.255 e. The number of anilines is 1. The Morgan fingerprint density at radius 1 is 1.11 bits per heavy atom. The van der Waals surface area contributed by atoms with Crippen molar-refractivity contribution in [1.82, 2.24) is 5.32 Å². The lowest BCUT2D eigenvalue weighted by atomic mass is 10.0. The molecule has 1 saturated carbocycles. The van der Waals surface area contributed by atoms with Crippen LogP contribution in [0.25, 0.3) is 0 Å². The van der Waals surface area contributed by atoms with Gasteiger partial charge >= 0.3 is 0 Å². The minimum atomic E-state index is -0.116. The fraction of sp³-hybridized carbons (Fsp3) is 0.409. The first-order valence-electron chi connectivity index (χ1n) is 9.77. The topological polar surface area (TPSA) is 59.6 Å². The van der Waals surface area contributed by atoms with Crippen LogP contribution in [0.3, 0.4) is 0 Å². The Balaban J connectivity index is 1.19. The number of nitrogens with one attached hydrogen (secondary N) is 2. The zero-order valence-electron chi connectivity index (χ0n) is 15.2. The molecule has 5 nitrogen and oxygen atoms in total. The molecule has 3 atom stereocenters. The second-order valence-corrected chi connectivity index (χ2v) is 7.78. The molecule has 0 spiro atoms. The van der Waals surface area contributed by atoms with Crippen LogP contribution >= 0.6 is 0 Å². The average molecular weight is 364 g/mol. The van der Waals surface area contributed by atoms with Gasteiger partial charge in [0, 0.05) is 23.8 Å². The summed E-state index contributed by atoms with van der Waals surface area (Å²) in [4.78, 5) is 12.5. The van der Waals surface area contributed by atoms with E-state index in [2.05, 4.69) is 10.6 Å². The van der Waals surface area contributed by atoms with Gasteiger partial charge in [0.15, 0.2) is 0 Å². The summed E-state index contributed by atoms with van der Waals surface area (Å²) in [7, 11) is 0. The molecule has 3 aliphatic rings. The Morgan fingerprint density at radius 2 is 1.89 bits per heavy atom. The fourth-order valence-corrected chi connectivity index (χ4v) is 3.84. The number of ether oxygens (including phenoxy) is 2. The summed E-state index contributed by atoms with van der Waals surface area (Å²) in [5.74, 6) is 1.42. The SMILES string of the molecule is O=C(Nc1ccc(C2OC3CNC2C3)cc1)c1ccc(OCC2CC2)cc1. The van der Waals surface area contributed by atoms with Crippen LogP contribution in [0.15, 0.2) is 48.5 Å². The third kappa shape index (κ3) is 3.70. The maximum atomic E-state index is 12.5. The lowest BCUT2D eigenvalue weighted by molar-refractivity contribution is 0.0160. The van der Waals surface area contributed by atoms with E-state index in [0.29, 0.717) is 17.7 Å². The normalized spacial score (nSPS) is 26.1. The Hall–Kier alpha value is -2.37. The van der Waals surface area contributed by atoms with Gasteiger partial charge in [-0.15, -0.1) is 0 Å². The van der Waals surface area contributed by atoms with Gasteiger partial charge in [-0.1, -0.05) is 12.1 Å². The van der Waals surface area contributed by atoms with Gasteiger partial charge in [0.05, 0.1) is 18.8 Å². The summed E-state index contributed by atoms with van der Waals surface area (Å²) < 4.78 is 11.7. The fourth-order valence-electron chi connectivity index (χ4n) is 3.84. The van der Waals surface area contributed by atoms with Gasteiger partial charge in [0.1, 0.15) is 5.75 Å². The van der Waals surface area contributed by atoms with Crippen LogP contribution in [0.4, 0.5) is 5.69 Å². The second-order valence-electron chi connectivity index (χ2n) is 7.78. The number of benzene rings is 2. The minimum Gasteiger partial charge on any atom is -0.493 e. The first-order chi connectivity index (χ1) is 13.2. The summed E-state index contributed by atoms with van der Waals surface area (Å²) in [6.07, 6.45) is 4.09. The molecule has 3 fully saturated rings. The zero-order chi connectivity index (χ0) is 18.2. The van der Waals surface area contributed by atoms with E-state index >= 15 is 0 Å². The zero-order valence-corrected chi connectivity index (χ0v) is 15.2. The smallest absolute Gasteiger partial charge is 0.255 e. The third-order valence-corrected chi connectivity index (χ3v) is 5.63. The van der Waals surface area contributed by atoms with Gasteiger partial charge in [0.25, 0.3) is 5.91 Å². The molecular weight excluding hydrogens is 340 g/mol. The van der Waals surface area contributed by atoms with Crippen molar-refractivity contribution in [2.45, 2.75) is 37.5 Å². The van der Waals surface area contributed by atoms with Crippen LogP contribution in [0, 0.1) is 5.92 Å². The number of carbonyl (C=O) groups is 1. The first-order valence-corrected chi connectivity index (χ1v) is 9.77. The van der Waals surface area contributed by atoms with E-state index in [4.69, 9.17) is 9.47 Å². The first kappa shape index (κ1) is 16.8. The molecule has 2 N–H and O–H groups in total. The summed E-state index contributed by atoms with van der Waals surface area (Å²) >= 11 is 0. The van der Waals surface area contributed by atoms with Crippen LogP contribution in [0.1, 0.15) is 41.3 Å². The number of fused-ring (bicyclic) bond motifs is 2. The molecule has 2 heterocycles. The highest BCUT2D eigenvalue weighted by molar-refractivity contribution is 6.04. The summed E-state index contributed by atoms with van der Waals surface area (Å²) in [5, 5.41) is 6.44. The molecule has 5 heteroatoms. The summed E-state index contributed by atoms with van der Waals surface area (Å²) in [5.41, 5.74) is 2.57. The number of amides is 1. The highest BCUT2D eigenvalue weighted by Crippen LogP contribution is 2.37. The van der Waals surface area contributed by atoms with E-state index in [1.165, 1.54) is 12.8 Å². The maximum absolute atomic E-state index is 12.5. The van der Waals surface area contributed by atoms with E-state index in [1.807, 2.05) is 36.4 Å². The van der Waals surface area contributed by atoms with Crippen molar-refractivity contribution >= 4 is 11.6 Å². The van der Waals surface area contributed by atoms with Gasteiger partial charge in [-0.05, 0) is 67.1 Å².